The van der Waals surface area contributed by atoms with E-state index in [1.165, 1.54) is 0 Å². The second kappa shape index (κ2) is 3.41. The van der Waals surface area contributed by atoms with Crippen molar-refractivity contribution in [1.29, 1.82) is 0 Å². The summed E-state index contributed by atoms with van der Waals surface area (Å²) in [5, 5.41) is 0. The Balaban J connectivity index is 2.76. The molecular weight excluding hydrogens is 206 g/mol. The van der Waals surface area contributed by atoms with Crippen molar-refractivity contribution >= 4 is 15.9 Å². The van der Waals surface area contributed by atoms with E-state index < -0.39 is 0 Å². The predicted octanol–water partition coefficient (Wildman–Crippen LogP) is 2.70. The first-order valence-corrected chi connectivity index (χ1v) is 4.40. The summed E-state index contributed by atoms with van der Waals surface area (Å²) < 4.78 is 6.16. The molecule has 0 saturated heterocycles. The summed E-state index contributed by atoms with van der Waals surface area (Å²) in [6.45, 7) is 4.14. The maximum Gasteiger partial charge on any atom is 0.121 e. The fourth-order valence-electron chi connectivity index (χ4n) is 0.832. The molecule has 0 bridgehead atoms. The highest BCUT2D eigenvalue weighted by molar-refractivity contribution is 9.10. The minimum Gasteiger partial charge on any atom is -0.466 e. The molecule has 0 radical (unpaired) electrons. The van der Waals surface area contributed by atoms with E-state index in [0.29, 0.717) is 5.92 Å². The number of nitrogens with two attached hydrogens (primary N) is 1. The topological polar surface area (TPSA) is 39.2 Å². The van der Waals surface area contributed by atoms with Gasteiger partial charge in [0.2, 0.25) is 0 Å². The molecule has 0 fully saturated rings. The van der Waals surface area contributed by atoms with E-state index in [9.17, 15) is 0 Å². The number of furan rings is 1. The second-order valence-electron chi connectivity index (χ2n) is 2.94. The van der Waals surface area contributed by atoms with Crippen molar-refractivity contribution in [2.45, 2.75) is 19.9 Å². The van der Waals surface area contributed by atoms with Gasteiger partial charge in [-0.1, -0.05) is 13.8 Å². The molecule has 0 unspecified atom stereocenters. The van der Waals surface area contributed by atoms with Crippen molar-refractivity contribution in [2.75, 3.05) is 0 Å². The first-order valence-electron chi connectivity index (χ1n) is 3.60. The summed E-state index contributed by atoms with van der Waals surface area (Å²) in [6.07, 6.45) is 1.65. The highest BCUT2D eigenvalue weighted by Gasteiger charge is 2.13. The third-order valence-electron chi connectivity index (χ3n) is 1.63. The van der Waals surface area contributed by atoms with Crippen LogP contribution in [0, 0.1) is 5.92 Å². The molecule has 3 heteroatoms. The summed E-state index contributed by atoms with van der Waals surface area (Å²) in [6, 6.07) is 1.91. The first kappa shape index (κ1) is 8.81. The van der Waals surface area contributed by atoms with Gasteiger partial charge < -0.3 is 10.2 Å². The molecule has 2 nitrogen and oxygen atoms in total. The van der Waals surface area contributed by atoms with Crippen LogP contribution in [0.1, 0.15) is 25.6 Å². The van der Waals surface area contributed by atoms with Gasteiger partial charge >= 0.3 is 0 Å². The van der Waals surface area contributed by atoms with Crippen LogP contribution in [-0.4, -0.2) is 0 Å². The van der Waals surface area contributed by atoms with Gasteiger partial charge in [-0.25, -0.2) is 0 Å². The van der Waals surface area contributed by atoms with E-state index in [1.807, 2.05) is 6.07 Å². The highest BCUT2D eigenvalue weighted by Crippen LogP contribution is 2.23. The second-order valence-corrected chi connectivity index (χ2v) is 3.85. The maximum atomic E-state index is 5.84. The van der Waals surface area contributed by atoms with Crippen LogP contribution in [0.15, 0.2) is 21.2 Å². The fraction of sp³-hybridized carbons (Fsp3) is 0.500. The Morgan fingerprint density at radius 1 is 1.55 bits per heavy atom. The van der Waals surface area contributed by atoms with Gasteiger partial charge in [-0.3, -0.25) is 0 Å². The summed E-state index contributed by atoms with van der Waals surface area (Å²) in [7, 11) is 0. The average Bonchev–Trinajstić information content (AvgIpc) is 2.34. The van der Waals surface area contributed by atoms with Gasteiger partial charge in [-0.05, 0) is 27.9 Å². The van der Waals surface area contributed by atoms with Crippen LogP contribution in [0.3, 0.4) is 0 Å². The Morgan fingerprint density at radius 2 is 2.18 bits per heavy atom. The standard InChI is InChI=1S/C8H12BrNO/c1-5(2)8(10)7-3-6(9)4-11-7/h3-5,8H,10H2,1-2H3/t8-/m1/s1. The SMILES string of the molecule is CC(C)[C@@H](N)c1cc(Br)co1. The Labute approximate surface area is 74.9 Å². The third kappa shape index (κ3) is 2.07. The van der Waals surface area contributed by atoms with Gasteiger partial charge in [0.05, 0.1) is 10.5 Å². The molecule has 1 aromatic rings. The van der Waals surface area contributed by atoms with Gasteiger partial charge in [0.15, 0.2) is 0 Å². The van der Waals surface area contributed by atoms with Crippen LogP contribution in [0.4, 0.5) is 0 Å². The van der Waals surface area contributed by atoms with Gasteiger partial charge in [-0.15, -0.1) is 0 Å². The lowest BCUT2D eigenvalue weighted by atomic mass is 10.0. The van der Waals surface area contributed by atoms with Crippen molar-refractivity contribution in [2.24, 2.45) is 11.7 Å². The molecule has 0 aliphatic carbocycles. The molecule has 11 heavy (non-hydrogen) atoms. The Morgan fingerprint density at radius 3 is 2.55 bits per heavy atom. The first-order chi connectivity index (χ1) is 5.11. The molecular formula is C8H12BrNO. The van der Waals surface area contributed by atoms with E-state index in [4.69, 9.17) is 10.2 Å². The minimum atomic E-state index is 0.00120. The number of hydrogen-bond donors (Lipinski definition) is 1. The Kier molecular flexibility index (Phi) is 2.73. The van der Waals surface area contributed by atoms with E-state index in [1.54, 1.807) is 6.26 Å². The predicted molar refractivity (Wildman–Crippen MR) is 48.2 cm³/mol. The van der Waals surface area contributed by atoms with Gasteiger partial charge in [0.25, 0.3) is 0 Å². The lowest BCUT2D eigenvalue weighted by Crippen LogP contribution is -2.15. The Bertz CT molecular complexity index is 232. The lowest BCUT2D eigenvalue weighted by Gasteiger charge is -2.11. The molecule has 2 N–H and O–H groups in total. The Hall–Kier alpha value is -0.280. The van der Waals surface area contributed by atoms with Gasteiger partial charge in [-0.2, -0.15) is 0 Å². The van der Waals surface area contributed by atoms with Crippen molar-refractivity contribution in [3.63, 3.8) is 0 Å². The van der Waals surface area contributed by atoms with Gasteiger partial charge in [0.1, 0.15) is 12.0 Å². The van der Waals surface area contributed by atoms with E-state index >= 15 is 0 Å². The molecule has 1 aromatic heterocycles. The third-order valence-corrected chi connectivity index (χ3v) is 2.05. The molecule has 0 amide bonds. The van der Waals surface area contributed by atoms with E-state index in [0.717, 1.165) is 10.2 Å². The zero-order valence-electron chi connectivity index (χ0n) is 6.67. The lowest BCUT2D eigenvalue weighted by molar-refractivity contribution is 0.402. The smallest absolute Gasteiger partial charge is 0.121 e. The molecule has 62 valence electrons. The molecule has 1 rings (SSSR count). The molecule has 0 spiro atoms. The fourth-order valence-corrected chi connectivity index (χ4v) is 1.15. The van der Waals surface area contributed by atoms with Crippen LogP contribution in [-0.2, 0) is 0 Å². The largest absolute Gasteiger partial charge is 0.466 e. The van der Waals surface area contributed by atoms with Crippen molar-refractivity contribution in [3.05, 3.63) is 22.6 Å². The highest BCUT2D eigenvalue weighted by atomic mass is 79.9. The molecule has 0 aromatic carbocycles. The van der Waals surface area contributed by atoms with Crippen LogP contribution in [0.2, 0.25) is 0 Å². The van der Waals surface area contributed by atoms with Crippen molar-refractivity contribution < 1.29 is 4.42 Å². The number of hydrogen-bond acceptors (Lipinski definition) is 2. The van der Waals surface area contributed by atoms with Crippen molar-refractivity contribution in [3.8, 4) is 0 Å². The van der Waals surface area contributed by atoms with E-state index in [2.05, 4.69) is 29.8 Å². The number of halogens is 1. The minimum absolute atomic E-state index is 0.00120. The summed E-state index contributed by atoms with van der Waals surface area (Å²) >= 11 is 3.30. The molecule has 0 aliphatic heterocycles. The van der Waals surface area contributed by atoms with Crippen LogP contribution >= 0.6 is 15.9 Å². The summed E-state index contributed by atoms with van der Waals surface area (Å²) in [4.78, 5) is 0. The summed E-state index contributed by atoms with van der Waals surface area (Å²) in [5.74, 6) is 1.25. The van der Waals surface area contributed by atoms with Crippen LogP contribution in [0.5, 0.6) is 0 Å². The van der Waals surface area contributed by atoms with Crippen LogP contribution in [0.25, 0.3) is 0 Å². The molecule has 1 atom stereocenters. The summed E-state index contributed by atoms with van der Waals surface area (Å²) in [5.41, 5.74) is 5.84. The van der Waals surface area contributed by atoms with Crippen LogP contribution < -0.4 is 5.73 Å². The zero-order chi connectivity index (χ0) is 8.43. The molecule has 0 saturated carbocycles. The van der Waals surface area contributed by atoms with E-state index in [-0.39, 0.29) is 6.04 Å². The molecule has 0 aliphatic rings. The maximum absolute atomic E-state index is 5.84. The monoisotopic (exact) mass is 217 g/mol. The van der Waals surface area contributed by atoms with Crippen molar-refractivity contribution in [1.82, 2.24) is 0 Å². The normalized spacial score (nSPS) is 13.9. The molecule has 1 heterocycles. The average molecular weight is 218 g/mol. The quantitative estimate of drug-likeness (QED) is 0.828. The zero-order valence-corrected chi connectivity index (χ0v) is 8.26. The van der Waals surface area contributed by atoms with Gasteiger partial charge in [0, 0.05) is 0 Å². The number of rotatable bonds is 2.